The minimum Gasteiger partial charge on any atom is -0.369 e. The Bertz CT molecular complexity index is 820. The molecule has 0 aliphatic carbocycles. The quantitative estimate of drug-likeness (QED) is 0.712. The summed E-state index contributed by atoms with van der Waals surface area (Å²) in [6.07, 6.45) is 7.22. The zero-order chi connectivity index (χ0) is 17.1. The highest BCUT2D eigenvalue weighted by atomic mass is 16.5. The van der Waals surface area contributed by atoms with E-state index < -0.39 is 0 Å². The second-order valence-corrected chi connectivity index (χ2v) is 5.99. The van der Waals surface area contributed by atoms with E-state index in [-0.39, 0.29) is 6.04 Å². The van der Waals surface area contributed by atoms with E-state index in [0.717, 1.165) is 36.3 Å². The van der Waals surface area contributed by atoms with Gasteiger partial charge in [0.1, 0.15) is 5.82 Å². The van der Waals surface area contributed by atoms with Crippen LogP contribution in [-0.2, 0) is 24.5 Å². The van der Waals surface area contributed by atoms with Gasteiger partial charge in [-0.3, -0.25) is 4.98 Å². The van der Waals surface area contributed by atoms with Crippen molar-refractivity contribution in [1.82, 2.24) is 24.5 Å². The SMILES string of the molecule is C[C@@H]1c2ncc(COCc3ccccn3)n2CCN1c1ncccn1. The van der Waals surface area contributed by atoms with Gasteiger partial charge in [-0.25, -0.2) is 15.0 Å². The molecule has 0 unspecified atom stereocenters. The summed E-state index contributed by atoms with van der Waals surface area (Å²) >= 11 is 0. The van der Waals surface area contributed by atoms with Gasteiger partial charge >= 0.3 is 0 Å². The summed E-state index contributed by atoms with van der Waals surface area (Å²) in [5, 5.41) is 0. The number of aromatic nitrogens is 5. The van der Waals surface area contributed by atoms with E-state index in [2.05, 4.69) is 36.3 Å². The average Bonchev–Trinajstić information content (AvgIpc) is 3.08. The van der Waals surface area contributed by atoms with Crippen molar-refractivity contribution in [2.75, 3.05) is 11.4 Å². The van der Waals surface area contributed by atoms with Crippen LogP contribution in [0.1, 0.15) is 30.2 Å². The summed E-state index contributed by atoms with van der Waals surface area (Å²) < 4.78 is 8.05. The molecule has 3 aromatic rings. The van der Waals surface area contributed by atoms with Crippen LogP contribution >= 0.6 is 0 Å². The Morgan fingerprint density at radius 2 is 1.84 bits per heavy atom. The second kappa shape index (κ2) is 6.98. The van der Waals surface area contributed by atoms with Crippen LogP contribution in [-0.4, -0.2) is 31.0 Å². The van der Waals surface area contributed by atoms with E-state index in [4.69, 9.17) is 4.74 Å². The van der Waals surface area contributed by atoms with Gasteiger partial charge in [-0.05, 0) is 25.1 Å². The third kappa shape index (κ3) is 3.23. The van der Waals surface area contributed by atoms with E-state index in [1.165, 1.54) is 0 Å². The van der Waals surface area contributed by atoms with Gasteiger partial charge in [-0.2, -0.15) is 0 Å². The molecule has 4 rings (SSSR count). The minimum atomic E-state index is 0.126. The normalized spacial score (nSPS) is 16.7. The first-order valence-corrected chi connectivity index (χ1v) is 8.38. The molecule has 0 aromatic carbocycles. The van der Waals surface area contributed by atoms with Crippen molar-refractivity contribution in [3.8, 4) is 0 Å². The molecule has 1 aliphatic heterocycles. The van der Waals surface area contributed by atoms with Gasteiger partial charge in [0.2, 0.25) is 5.95 Å². The van der Waals surface area contributed by atoms with Crippen molar-refractivity contribution in [1.29, 1.82) is 0 Å². The molecule has 0 saturated heterocycles. The van der Waals surface area contributed by atoms with Crippen molar-refractivity contribution in [3.63, 3.8) is 0 Å². The molecule has 1 atom stereocenters. The third-order valence-corrected chi connectivity index (χ3v) is 4.41. The summed E-state index contributed by atoms with van der Waals surface area (Å²) in [7, 11) is 0. The molecule has 0 fully saturated rings. The van der Waals surface area contributed by atoms with E-state index in [0.29, 0.717) is 13.2 Å². The van der Waals surface area contributed by atoms with Crippen LogP contribution in [0.4, 0.5) is 5.95 Å². The average molecular weight is 336 g/mol. The Morgan fingerprint density at radius 1 is 1.00 bits per heavy atom. The molecule has 0 saturated carbocycles. The van der Waals surface area contributed by atoms with Gasteiger partial charge in [-0.15, -0.1) is 0 Å². The lowest BCUT2D eigenvalue weighted by molar-refractivity contribution is 0.0991. The van der Waals surface area contributed by atoms with E-state index in [1.54, 1.807) is 18.6 Å². The third-order valence-electron chi connectivity index (χ3n) is 4.41. The van der Waals surface area contributed by atoms with Crippen molar-refractivity contribution in [3.05, 3.63) is 66.3 Å². The van der Waals surface area contributed by atoms with Crippen LogP contribution in [0.3, 0.4) is 0 Å². The first-order chi connectivity index (χ1) is 12.3. The summed E-state index contributed by atoms with van der Waals surface area (Å²) in [5.41, 5.74) is 2.02. The van der Waals surface area contributed by atoms with Crippen molar-refractivity contribution < 1.29 is 4.74 Å². The van der Waals surface area contributed by atoms with Gasteiger partial charge in [0.15, 0.2) is 0 Å². The first kappa shape index (κ1) is 15.7. The fraction of sp³-hybridized carbons (Fsp3) is 0.333. The molecule has 1 aliphatic rings. The Labute approximate surface area is 146 Å². The standard InChI is InChI=1S/C18H20N6O/c1-14-17-22-11-16(13-25-12-15-5-2-3-6-19-15)24(17)10-9-23(14)18-20-7-4-8-21-18/h2-8,11,14H,9-10,12-13H2,1H3/t14-/m1/s1. The predicted octanol–water partition coefficient (Wildman–Crippen LogP) is 2.37. The number of ether oxygens (including phenoxy) is 1. The first-order valence-electron chi connectivity index (χ1n) is 8.38. The van der Waals surface area contributed by atoms with Gasteiger partial charge in [0.05, 0.1) is 36.8 Å². The number of fused-ring (bicyclic) bond motifs is 1. The summed E-state index contributed by atoms with van der Waals surface area (Å²) in [6, 6.07) is 7.79. The highest BCUT2D eigenvalue weighted by Crippen LogP contribution is 2.28. The molecule has 25 heavy (non-hydrogen) atoms. The van der Waals surface area contributed by atoms with Gasteiger partial charge < -0.3 is 14.2 Å². The van der Waals surface area contributed by atoms with Crippen molar-refractivity contribution >= 4 is 5.95 Å². The zero-order valence-electron chi connectivity index (χ0n) is 14.1. The number of nitrogens with zero attached hydrogens (tertiary/aromatic N) is 6. The monoisotopic (exact) mass is 336 g/mol. The van der Waals surface area contributed by atoms with Crippen LogP contribution in [0.5, 0.6) is 0 Å². The van der Waals surface area contributed by atoms with Crippen LogP contribution in [0.2, 0.25) is 0 Å². The van der Waals surface area contributed by atoms with Crippen LogP contribution < -0.4 is 4.90 Å². The number of imidazole rings is 1. The van der Waals surface area contributed by atoms with Gasteiger partial charge in [0.25, 0.3) is 0 Å². The molecule has 3 aromatic heterocycles. The molecular weight excluding hydrogens is 316 g/mol. The Balaban J connectivity index is 1.44. The second-order valence-electron chi connectivity index (χ2n) is 5.99. The lowest BCUT2D eigenvalue weighted by atomic mass is 10.2. The molecule has 0 N–H and O–H groups in total. The van der Waals surface area contributed by atoms with Crippen LogP contribution in [0.15, 0.2) is 49.1 Å². The summed E-state index contributed by atoms with van der Waals surface area (Å²) in [4.78, 5) is 19.8. The highest BCUT2D eigenvalue weighted by Gasteiger charge is 2.28. The number of pyridine rings is 1. The molecule has 0 bridgehead atoms. The Kier molecular flexibility index (Phi) is 4.39. The lowest BCUT2D eigenvalue weighted by Crippen LogP contribution is -2.38. The predicted molar refractivity (Wildman–Crippen MR) is 92.8 cm³/mol. The fourth-order valence-electron chi connectivity index (χ4n) is 3.13. The molecule has 4 heterocycles. The van der Waals surface area contributed by atoms with Crippen molar-refractivity contribution in [2.45, 2.75) is 32.7 Å². The number of hydrogen-bond acceptors (Lipinski definition) is 6. The van der Waals surface area contributed by atoms with E-state index >= 15 is 0 Å². The fourth-order valence-corrected chi connectivity index (χ4v) is 3.13. The Morgan fingerprint density at radius 3 is 2.64 bits per heavy atom. The molecule has 0 spiro atoms. The van der Waals surface area contributed by atoms with E-state index in [9.17, 15) is 0 Å². The maximum absolute atomic E-state index is 5.82. The topological polar surface area (TPSA) is 69.0 Å². The largest absolute Gasteiger partial charge is 0.369 e. The maximum atomic E-state index is 5.82. The minimum absolute atomic E-state index is 0.126. The number of rotatable bonds is 5. The lowest BCUT2D eigenvalue weighted by Gasteiger charge is -2.34. The Hall–Kier alpha value is -2.80. The molecular formula is C18H20N6O. The highest BCUT2D eigenvalue weighted by molar-refractivity contribution is 5.34. The summed E-state index contributed by atoms with van der Waals surface area (Å²) in [6.45, 7) is 4.86. The summed E-state index contributed by atoms with van der Waals surface area (Å²) in [5.74, 6) is 1.77. The van der Waals surface area contributed by atoms with Gasteiger partial charge in [-0.1, -0.05) is 6.07 Å². The molecule has 0 radical (unpaired) electrons. The zero-order valence-corrected chi connectivity index (χ0v) is 14.1. The molecule has 0 amide bonds. The van der Waals surface area contributed by atoms with E-state index in [1.807, 2.05) is 30.5 Å². The smallest absolute Gasteiger partial charge is 0.225 e. The number of anilines is 1. The molecule has 128 valence electrons. The molecule has 7 nitrogen and oxygen atoms in total. The molecule has 7 heteroatoms. The maximum Gasteiger partial charge on any atom is 0.225 e. The van der Waals surface area contributed by atoms with Crippen molar-refractivity contribution in [2.24, 2.45) is 0 Å². The van der Waals surface area contributed by atoms with Crippen LogP contribution in [0.25, 0.3) is 0 Å². The van der Waals surface area contributed by atoms with Gasteiger partial charge in [0, 0.05) is 31.7 Å². The van der Waals surface area contributed by atoms with Crippen LogP contribution in [0, 0.1) is 0 Å². The number of hydrogen-bond donors (Lipinski definition) is 0.